The molecule has 0 saturated heterocycles. The lowest BCUT2D eigenvalue weighted by atomic mass is 9.62. The van der Waals surface area contributed by atoms with Crippen LogP contribution in [0, 0.1) is 46.3 Å². The zero-order valence-corrected chi connectivity index (χ0v) is 26.9. The van der Waals surface area contributed by atoms with E-state index in [1.807, 2.05) is 5.19 Å². The van der Waals surface area contributed by atoms with E-state index in [1.54, 1.807) is 5.69 Å². The first kappa shape index (κ1) is 27.8. The minimum atomic E-state index is -1.80. The number of anilines is 1. The normalized spacial score (nSPS) is 36.6. The van der Waals surface area contributed by atoms with Crippen LogP contribution in [0.1, 0.15) is 106 Å². The third-order valence-electron chi connectivity index (χ3n) is 12.7. The van der Waals surface area contributed by atoms with Crippen molar-refractivity contribution in [1.82, 2.24) is 0 Å². The smallest absolute Gasteiger partial charge is 0.0930 e. The lowest BCUT2D eigenvalue weighted by molar-refractivity contribution is 0.0722. The van der Waals surface area contributed by atoms with Gasteiger partial charge in [-0.1, -0.05) is 92.0 Å². The molecular weight excluding hydrogens is 462 g/mol. The second kappa shape index (κ2) is 10.0. The Morgan fingerprint density at radius 1 is 0.676 bits per heavy atom. The molecule has 7 atom stereocenters. The highest BCUT2D eigenvalue weighted by atomic mass is 28.3. The van der Waals surface area contributed by atoms with Crippen LogP contribution in [0.5, 0.6) is 0 Å². The summed E-state index contributed by atoms with van der Waals surface area (Å²) in [6, 6.07) is 9.77. The van der Waals surface area contributed by atoms with Crippen molar-refractivity contribution >= 4 is 18.9 Å². The first-order valence-corrected chi connectivity index (χ1v) is 18.8. The number of benzene rings is 1. The number of para-hydroxylation sites is 1. The van der Waals surface area contributed by atoms with Gasteiger partial charge < -0.3 is 4.90 Å². The molecule has 4 aliphatic rings. The Kier molecular flexibility index (Phi) is 7.52. The summed E-state index contributed by atoms with van der Waals surface area (Å²) in [6.45, 7) is 18.2. The van der Waals surface area contributed by atoms with Gasteiger partial charge in [-0.3, -0.25) is 0 Å². The lowest BCUT2D eigenvalue weighted by Gasteiger charge is -2.50. The van der Waals surface area contributed by atoms with Gasteiger partial charge in [0.15, 0.2) is 0 Å². The van der Waals surface area contributed by atoms with Gasteiger partial charge in [0.2, 0.25) is 0 Å². The summed E-state index contributed by atoms with van der Waals surface area (Å²) in [5.74, 6) is 5.77. The second-order valence-electron chi connectivity index (χ2n) is 16.6. The van der Waals surface area contributed by atoms with Crippen LogP contribution in [-0.2, 0) is 0 Å². The zero-order chi connectivity index (χ0) is 26.8. The van der Waals surface area contributed by atoms with Crippen molar-refractivity contribution in [3.05, 3.63) is 24.3 Å². The molecule has 2 heteroatoms. The molecule has 4 saturated carbocycles. The minimum Gasteiger partial charge on any atom is -0.378 e. The molecule has 0 heterocycles. The lowest BCUT2D eigenvalue weighted by Crippen LogP contribution is -2.57. The Morgan fingerprint density at radius 2 is 1.16 bits per heavy atom. The molecule has 0 bridgehead atoms. The summed E-state index contributed by atoms with van der Waals surface area (Å²) >= 11 is 0. The van der Waals surface area contributed by atoms with E-state index < -0.39 is 8.07 Å². The van der Waals surface area contributed by atoms with Gasteiger partial charge in [0.05, 0.1) is 8.07 Å². The average molecular weight is 522 g/mol. The van der Waals surface area contributed by atoms with E-state index in [2.05, 4.69) is 91.4 Å². The highest BCUT2D eigenvalue weighted by Gasteiger charge is 2.62. The van der Waals surface area contributed by atoms with Crippen LogP contribution >= 0.6 is 0 Å². The topological polar surface area (TPSA) is 3.24 Å². The number of hydrogen-bond acceptors (Lipinski definition) is 1. The summed E-state index contributed by atoms with van der Waals surface area (Å²) in [7, 11) is 2.80. The largest absolute Gasteiger partial charge is 0.378 e. The van der Waals surface area contributed by atoms with E-state index in [0.717, 1.165) is 46.6 Å². The molecule has 208 valence electrons. The summed E-state index contributed by atoms with van der Waals surface area (Å²) in [5, 5.41) is 1.83. The van der Waals surface area contributed by atoms with Crippen LogP contribution < -0.4 is 10.1 Å². The Morgan fingerprint density at radius 3 is 1.62 bits per heavy atom. The van der Waals surface area contributed by atoms with Gasteiger partial charge in [-0.05, 0) is 107 Å². The third-order valence-corrected chi connectivity index (χ3v) is 18.8. The fourth-order valence-electron chi connectivity index (χ4n) is 10.6. The van der Waals surface area contributed by atoms with Crippen molar-refractivity contribution in [3.63, 3.8) is 0 Å². The molecule has 0 radical (unpaired) electrons. The zero-order valence-electron chi connectivity index (χ0n) is 25.9. The molecule has 1 aromatic rings. The van der Waals surface area contributed by atoms with E-state index in [4.69, 9.17) is 0 Å². The maximum atomic E-state index is 2.93. The van der Waals surface area contributed by atoms with E-state index >= 15 is 0 Å². The van der Waals surface area contributed by atoms with Crippen molar-refractivity contribution in [2.45, 2.75) is 123 Å². The summed E-state index contributed by atoms with van der Waals surface area (Å²) in [5.41, 5.74) is 4.40. The van der Waals surface area contributed by atoms with Crippen LogP contribution in [-0.4, -0.2) is 22.2 Å². The van der Waals surface area contributed by atoms with Crippen LogP contribution in [0.15, 0.2) is 24.3 Å². The van der Waals surface area contributed by atoms with Crippen LogP contribution in [0.3, 0.4) is 0 Å². The van der Waals surface area contributed by atoms with E-state index in [9.17, 15) is 0 Å². The van der Waals surface area contributed by atoms with Crippen LogP contribution in [0.25, 0.3) is 0 Å². The number of rotatable bonds is 4. The molecule has 0 spiro atoms. The Labute approximate surface area is 231 Å². The Bertz CT molecular complexity index is 893. The Hall–Kier alpha value is -0.763. The molecule has 37 heavy (non-hydrogen) atoms. The van der Waals surface area contributed by atoms with Crippen LogP contribution in [0.4, 0.5) is 5.69 Å². The summed E-state index contributed by atoms with van der Waals surface area (Å²) in [6.07, 6.45) is 15.0. The van der Waals surface area contributed by atoms with Gasteiger partial charge in [0.1, 0.15) is 0 Å². The highest BCUT2D eigenvalue weighted by Crippen LogP contribution is 2.68. The van der Waals surface area contributed by atoms with E-state index in [-0.39, 0.29) is 0 Å². The quantitative estimate of drug-likeness (QED) is 0.356. The molecule has 0 aliphatic heterocycles. The molecule has 0 amide bonds. The maximum Gasteiger partial charge on any atom is 0.0930 e. The first-order chi connectivity index (χ1) is 17.3. The molecule has 1 aromatic carbocycles. The molecule has 1 nitrogen and oxygen atoms in total. The third kappa shape index (κ3) is 4.89. The maximum absolute atomic E-state index is 2.93. The van der Waals surface area contributed by atoms with Crippen molar-refractivity contribution in [3.8, 4) is 0 Å². The van der Waals surface area contributed by atoms with Crippen molar-refractivity contribution in [2.24, 2.45) is 46.3 Å². The molecular formula is C35H59NSi. The molecule has 4 aliphatic carbocycles. The van der Waals surface area contributed by atoms with Crippen molar-refractivity contribution in [2.75, 3.05) is 19.0 Å². The molecule has 0 aromatic heterocycles. The predicted octanol–water partition coefficient (Wildman–Crippen LogP) is 9.52. The first-order valence-electron chi connectivity index (χ1n) is 16.1. The monoisotopic (exact) mass is 521 g/mol. The molecule has 5 rings (SSSR count). The summed E-state index contributed by atoms with van der Waals surface area (Å²) in [4.78, 5) is 2.46. The highest BCUT2D eigenvalue weighted by molar-refractivity contribution is 6.94. The average Bonchev–Trinajstić information content (AvgIpc) is 3.49. The molecule has 4 fully saturated rings. The standard InChI is InChI=1S/C35H59NSi/c1-34(2,3)24-18-20-27-28-21-19-25(35(4,5)6)23-30(28)33(29(27)22-24)37(9,26-14-10-11-15-26)32-17-13-12-16-31(32)36(7)8/h12-13,16-17,24-30,33H,10-11,14-15,18-23H2,1-9H3. The SMILES string of the molecule is CN(C)c1ccccc1[Si](C)(C1CCCC1)C1C2CC(C(C)(C)C)CCC2C2CCC(C(C)(C)C)CC21. The van der Waals surface area contributed by atoms with Gasteiger partial charge >= 0.3 is 0 Å². The number of hydrogen-bond donors (Lipinski definition) is 0. The van der Waals surface area contributed by atoms with Gasteiger partial charge in [0.25, 0.3) is 0 Å². The fourth-order valence-corrected chi connectivity index (χ4v) is 17.5. The summed E-state index contributed by atoms with van der Waals surface area (Å²) < 4.78 is 0. The van der Waals surface area contributed by atoms with Gasteiger partial charge in [0, 0.05) is 19.8 Å². The van der Waals surface area contributed by atoms with Gasteiger partial charge in [-0.2, -0.15) is 0 Å². The van der Waals surface area contributed by atoms with E-state index in [1.165, 1.54) is 64.2 Å². The predicted molar refractivity (Wildman–Crippen MR) is 166 cm³/mol. The minimum absolute atomic E-state index is 0.448. The fraction of sp³-hybridized carbons (Fsp3) is 0.829. The van der Waals surface area contributed by atoms with Crippen molar-refractivity contribution < 1.29 is 0 Å². The van der Waals surface area contributed by atoms with Gasteiger partial charge in [-0.25, -0.2) is 0 Å². The Balaban J connectivity index is 1.66. The molecule has 7 unspecified atom stereocenters. The number of fused-ring (bicyclic) bond motifs is 3. The number of nitrogens with zero attached hydrogens (tertiary/aromatic N) is 1. The van der Waals surface area contributed by atoms with Crippen LogP contribution in [0.2, 0.25) is 17.6 Å². The molecule has 0 N–H and O–H groups in total. The van der Waals surface area contributed by atoms with Gasteiger partial charge in [-0.15, -0.1) is 0 Å². The second-order valence-corrected chi connectivity index (χ2v) is 21.2. The van der Waals surface area contributed by atoms with E-state index in [0.29, 0.717) is 10.8 Å². The van der Waals surface area contributed by atoms with Crippen molar-refractivity contribution in [1.29, 1.82) is 0 Å².